The summed E-state index contributed by atoms with van der Waals surface area (Å²) in [5, 5.41) is 6.10. The molecule has 1 aliphatic carbocycles. The van der Waals surface area contributed by atoms with Gasteiger partial charge in [-0.15, -0.1) is 0 Å². The average Bonchev–Trinajstić information content (AvgIpc) is 3.46. The van der Waals surface area contributed by atoms with Crippen LogP contribution in [-0.4, -0.2) is 43.4 Å². The second-order valence-corrected chi connectivity index (χ2v) is 6.97. The molecule has 0 radical (unpaired) electrons. The van der Waals surface area contributed by atoms with Gasteiger partial charge in [-0.05, 0) is 75.9 Å². The Morgan fingerprint density at radius 3 is 2.33 bits per heavy atom. The topological polar surface area (TPSA) is 61.4 Å². The van der Waals surface area contributed by atoms with Gasteiger partial charge in [0.05, 0.1) is 0 Å². The van der Waals surface area contributed by atoms with Crippen LogP contribution in [0.2, 0.25) is 0 Å². The number of hydrogen-bond donors (Lipinski definition) is 2. The largest absolute Gasteiger partial charge is 0.339 e. The van der Waals surface area contributed by atoms with Crippen LogP contribution in [0, 0.1) is 11.8 Å². The summed E-state index contributed by atoms with van der Waals surface area (Å²) in [6, 6.07) is 7.29. The molecular formula is C19H27N3O2. The molecule has 5 heteroatoms. The Morgan fingerprint density at radius 1 is 1.08 bits per heavy atom. The van der Waals surface area contributed by atoms with Crippen molar-refractivity contribution in [3.8, 4) is 0 Å². The van der Waals surface area contributed by atoms with Gasteiger partial charge in [0.1, 0.15) is 0 Å². The summed E-state index contributed by atoms with van der Waals surface area (Å²) in [5.74, 6) is 1.11. The fourth-order valence-corrected chi connectivity index (χ4v) is 3.24. The van der Waals surface area contributed by atoms with Crippen molar-refractivity contribution in [1.29, 1.82) is 0 Å². The molecule has 1 heterocycles. The predicted molar refractivity (Wildman–Crippen MR) is 95.0 cm³/mol. The molecule has 0 spiro atoms. The summed E-state index contributed by atoms with van der Waals surface area (Å²) in [6.07, 6.45) is 5.35. The van der Waals surface area contributed by atoms with Gasteiger partial charge in [-0.1, -0.05) is 0 Å². The minimum Gasteiger partial charge on any atom is -0.339 e. The van der Waals surface area contributed by atoms with Gasteiger partial charge in [-0.25, -0.2) is 0 Å². The zero-order valence-corrected chi connectivity index (χ0v) is 14.4. The van der Waals surface area contributed by atoms with Crippen LogP contribution in [0.15, 0.2) is 24.3 Å². The van der Waals surface area contributed by atoms with Crippen LogP contribution in [0.1, 0.15) is 42.5 Å². The summed E-state index contributed by atoms with van der Waals surface area (Å²) in [4.78, 5) is 26.3. The second-order valence-electron chi connectivity index (χ2n) is 6.97. The third-order valence-corrected chi connectivity index (χ3v) is 5.05. The van der Waals surface area contributed by atoms with Gasteiger partial charge in [-0.2, -0.15) is 0 Å². The lowest BCUT2D eigenvalue weighted by Gasteiger charge is -2.32. The minimum absolute atomic E-state index is 0.0951. The van der Waals surface area contributed by atoms with Crippen LogP contribution in [0.4, 0.5) is 5.69 Å². The molecule has 2 aliphatic rings. The number of hydrogen-bond acceptors (Lipinski definition) is 3. The molecule has 5 nitrogen and oxygen atoms in total. The van der Waals surface area contributed by atoms with E-state index in [0.29, 0.717) is 5.56 Å². The van der Waals surface area contributed by atoms with Gasteiger partial charge in [0.15, 0.2) is 0 Å². The number of amides is 2. The number of carbonyl (C=O) groups is 2. The molecule has 0 atom stereocenters. The van der Waals surface area contributed by atoms with E-state index in [2.05, 4.69) is 10.6 Å². The lowest BCUT2D eigenvalue weighted by Crippen LogP contribution is -2.38. The summed E-state index contributed by atoms with van der Waals surface area (Å²) in [7, 11) is 1.98. The van der Waals surface area contributed by atoms with E-state index in [-0.39, 0.29) is 17.7 Å². The van der Waals surface area contributed by atoms with Gasteiger partial charge in [0.25, 0.3) is 5.91 Å². The van der Waals surface area contributed by atoms with Crippen molar-refractivity contribution in [2.24, 2.45) is 11.8 Å². The molecule has 2 amide bonds. The van der Waals surface area contributed by atoms with E-state index >= 15 is 0 Å². The molecule has 3 rings (SSSR count). The Bertz CT molecular complexity index is 573. The number of nitrogens with zero attached hydrogens (tertiary/aromatic N) is 1. The van der Waals surface area contributed by atoms with Crippen molar-refractivity contribution < 1.29 is 9.59 Å². The second kappa shape index (κ2) is 7.79. The lowest BCUT2D eigenvalue weighted by molar-refractivity contribution is -0.117. The Hall–Kier alpha value is -1.88. The Kier molecular flexibility index (Phi) is 5.51. The predicted octanol–water partition coefficient (Wildman–Crippen LogP) is 2.50. The summed E-state index contributed by atoms with van der Waals surface area (Å²) in [5.41, 5.74) is 1.47. The number of rotatable bonds is 6. The van der Waals surface area contributed by atoms with E-state index in [4.69, 9.17) is 0 Å². The lowest BCUT2D eigenvalue weighted by atomic mass is 9.93. The van der Waals surface area contributed by atoms with Gasteiger partial charge in [0, 0.05) is 30.3 Å². The van der Waals surface area contributed by atoms with Crippen LogP contribution >= 0.6 is 0 Å². The number of anilines is 1. The van der Waals surface area contributed by atoms with Crippen LogP contribution in [0.5, 0.6) is 0 Å². The number of piperidine rings is 1. The highest BCUT2D eigenvalue weighted by Gasteiger charge is 2.29. The monoisotopic (exact) mass is 329 g/mol. The first-order chi connectivity index (χ1) is 11.7. The third-order valence-electron chi connectivity index (χ3n) is 5.05. The maximum absolute atomic E-state index is 12.6. The average molecular weight is 329 g/mol. The first-order valence-electron chi connectivity index (χ1n) is 9.02. The molecule has 130 valence electrons. The molecule has 2 N–H and O–H groups in total. The number of nitrogens with one attached hydrogen (secondary N) is 2. The molecule has 0 aromatic heterocycles. The fourth-order valence-electron chi connectivity index (χ4n) is 3.24. The SMILES string of the molecule is CNCCC1CCN(C(=O)c2ccc(NC(=O)C3CC3)cc2)CC1. The molecule has 1 saturated heterocycles. The first kappa shape index (κ1) is 17.0. The summed E-state index contributed by atoms with van der Waals surface area (Å²) >= 11 is 0. The maximum atomic E-state index is 12.6. The molecule has 24 heavy (non-hydrogen) atoms. The fraction of sp³-hybridized carbons (Fsp3) is 0.579. The molecule has 1 aromatic carbocycles. The Morgan fingerprint density at radius 2 is 1.75 bits per heavy atom. The van der Waals surface area contributed by atoms with Crippen LogP contribution in [0.25, 0.3) is 0 Å². The summed E-state index contributed by atoms with van der Waals surface area (Å²) in [6.45, 7) is 2.73. The highest BCUT2D eigenvalue weighted by atomic mass is 16.2. The Labute approximate surface area is 143 Å². The van der Waals surface area contributed by atoms with Crippen molar-refractivity contribution in [3.05, 3.63) is 29.8 Å². The normalized spacial score (nSPS) is 18.5. The number of carbonyl (C=O) groups excluding carboxylic acids is 2. The quantitative estimate of drug-likeness (QED) is 0.843. The molecule has 2 fully saturated rings. The maximum Gasteiger partial charge on any atom is 0.253 e. The molecule has 1 aliphatic heterocycles. The van der Waals surface area contributed by atoms with E-state index < -0.39 is 0 Å². The zero-order valence-electron chi connectivity index (χ0n) is 14.4. The molecular weight excluding hydrogens is 302 g/mol. The van der Waals surface area contributed by atoms with Crippen molar-refractivity contribution >= 4 is 17.5 Å². The van der Waals surface area contributed by atoms with Crippen molar-refractivity contribution in [2.45, 2.75) is 32.1 Å². The molecule has 0 unspecified atom stereocenters. The molecule has 1 aromatic rings. The van der Waals surface area contributed by atoms with E-state index in [0.717, 1.165) is 56.9 Å². The van der Waals surface area contributed by atoms with E-state index in [1.165, 1.54) is 6.42 Å². The smallest absolute Gasteiger partial charge is 0.253 e. The molecule has 1 saturated carbocycles. The standard InChI is InChI=1S/C19H27N3O2/c1-20-11-8-14-9-12-22(13-10-14)19(24)16-4-6-17(7-5-16)21-18(23)15-2-3-15/h4-7,14-15,20H,2-3,8-13H2,1H3,(H,21,23). The van der Waals surface area contributed by atoms with E-state index in [9.17, 15) is 9.59 Å². The van der Waals surface area contributed by atoms with E-state index in [1.807, 2.05) is 36.2 Å². The van der Waals surface area contributed by atoms with Crippen molar-refractivity contribution in [3.63, 3.8) is 0 Å². The number of benzene rings is 1. The Balaban J connectivity index is 1.50. The zero-order chi connectivity index (χ0) is 16.9. The molecule has 0 bridgehead atoms. The van der Waals surface area contributed by atoms with Crippen molar-refractivity contribution in [1.82, 2.24) is 10.2 Å². The van der Waals surface area contributed by atoms with Gasteiger partial charge >= 0.3 is 0 Å². The first-order valence-corrected chi connectivity index (χ1v) is 9.02. The highest BCUT2D eigenvalue weighted by Crippen LogP contribution is 2.30. The highest BCUT2D eigenvalue weighted by molar-refractivity contribution is 5.96. The van der Waals surface area contributed by atoms with Gasteiger partial charge < -0.3 is 15.5 Å². The van der Waals surface area contributed by atoms with Crippen molar-refractivity contribution in [2.75, 3.05) is 32.0 Å². The summed E-state index contributed by atoms with van der Waals surface area (Å²) < 4.78 is 0. The van der Waals surface area contributed by atoms with Gasteiger partial charge in [0.2, 0.25) is 5.91 Å². The number of likely N-dealkylation sites (tertiary alicyclic amines) is 1. The van der Waals surface area contributed by atoms with Crippen LogP contribution in [-0.2, 0) is 4.79 Å². The minimum atomic E-state index is 0.0951. The van der Waals surface area contributed by atoms with Gasteiger partial charge in [-0.3, -0.25) is 9.59 Å². The third kappa shape index (κ3) is 4.35. The van der Waals surface area contributed by atoms with E-state index in [1.54, 1.807) is 0 Å². The van der Waals surface area contributed by atoms with Crippen LogP contribution in [0.3, 0.4) is 0 Å². The van der Waals surface area contributed by atoms with Crippen LogP contribution < -0.4 is 10.6 Å².